The molecule has 0 aliphatic carbocycles. The van der Waals surface area contributed by atoms with Gasteiger partial charge in [0.25, 0.3) is 0 Å². The second kappa shape index (κ2) is 8.85. The van der Waals surface area contributed by atoms with Gasteiger partial charge in [-0.2, -0.15) is 4.68 Å². The molecule has 4 rings (SSSR count). The lowest BCUT2D eigenvalue weighted by molar-refractivity contribution is 0.395. The van der Waals surface area contributed by atoms with Gasteiger partial charge in [-0.3, -0.25) is 0 Å². The van der Waals surface area contributed by atoms with Crippen LogP contribution in [0.3, 0.4) is 0 Å². The maximum absolute atomic E-state index is 5.51. The van der Waals surface area contributed by atoms with Crippen LogP contribution in [-0.2, 0) is 5.75 Å². The van der Waals surface area contributed by atoms with E-state index in [1.807, 2.05) is 24.3 Å². The summed E-state index contributed by atoms with van der Waals surface area (Å²) in [7, 11) is 3.29. The number of methoxy groups -OCH3 is 2. The predicted octanol–water partition coefficient (Wildman–Crippen LogP) is 4.71. The number of ether oxygens (including phenoxy) is 2. The van der Waals surface area contributed by atoms with Gasteiger partial charge in [-0.05, 0) is 48.0 Å². The molecule has 0 bridgehead atoms. The Bertz CT molecular complexity index is 1170. The highest BCUT2D eigenvalue weighted by Crippen LogP contribution is 2.36. The first-order valence-electron chi connectivity index (χ1n) is 9.24. The Hall–Kier alpha value is -2.91. The molecular weight excluding hydrogens is 418 g/mol. The van der Waals surface area contributed by atoms with Crippen LogP contribution in [0.5, 0.6) is 11.5 Å². The molecule has 2 heterocycles. The zero-order chi connectivity index (χ0) is 21.1. The van der Waals surface area contributed by atoms with Crippen LogP contribution in [0.2, 0.25) is 0 Å². The lowest BCUT2D eigenvalue weighted by Crippen LogP contribution is -2.02. The molecule has 4 aromatic rings. The monoisotopic (exact) mass is 439 g/mol. The summed E-state index contributed by atoms with van der Waals surface area (Å²) < 4.78 is 12.6. The number of hydrogen-bond donors (Lipinski definition) is 0. The molecule has 0 radical (unpaired) electrons. The van der Waals surface area contributed by atoms with Crippen LogP contribution in [0.25, 0.3) is 16.3 Å². The molecule has 7 nitrogen and oxygen atoms in total. The molecule has 0 saturated heterocycles. The van der Waals surface area contributed by atoms with Gasteiger partial charge in [0.05, 0.1) is 31.2 Å². The van der Waals surface area contributed by atoms with Crippen LogP contribution in [0, 0.1) is 13.8 Å². The van der Waals surface area contributed by atoms with Crippen molar-refractivity contribution in [3.05, 3.63) is 58.6 Å². The molecule has 9 heteroatoms. The minimum Gasteiger partial charge on any atom is -0.497 e. The van der Waals surface area contributed by atoms with Gasteiger partial charge in [0.15, 0.2) is 0 Å². The molecule has 0 N–H and O–H groups in total. The molecular formula is C21H21N5O2S2. The molecule has 2 aromatic carbocycles. The number of thioether (sulfide) groups is 1. The number of tetrazole rings is 1. The third-order valence-corrected chi connectivity index (χ3v) is 6.44. The molecule has 30 heavy (non-hydrogen) atoms. The number of nitrogens with zero attached hydrogens (tertiary/aromatic N) is 5. The van der Waals surface area contributed by atoms with Crippen molar-refractivity contribution in [1.29, 1.82) is 0 Å². The summed E-state index contributed by atoms with van der Waals surface area (Å²) in [5.74, 6) is 2.16. The van der Waals surface area contributed by atoms with Crippen molar-refractivity contribution >= 4 is 23.1 Å². The fourth-order valence-electron chi connectivity index (χ4n) is 3.07. The highest BCUT2D eigenvalue weighted by Gasteiger charge is 2.15. The van der Waals surface area contributed by atoms with Crippen molar-refractivity contribution in [2.75, 3.05) is 14.2 Å². The number of aryl methyl sites for hydroxylation is 2. The van der Waals surface area contributed by atoms with Gasteiger partial charge in [0.1, 0.15) is 16.5 Å². The van der Waals surface area contributed by atoms with E-state index in [1.54, 1.807) is 42.0 Å². The van der Waals surface area contributed by atoms with Gasteiger partial charge in [-0.15, -0.1) is 16.4 Å². The van der Waals surface area contributed by atoms with E-state index in [2.05, 4.69) is 46.9 Å². The van der Waals surface area contributed by atoms with Crippen LogP contribution < -0.4 is 9.47 Å². The molecule has 0 saturated carbocycles. The Morgan fingerprint density at radius 3 is 2.70 bits per heavy atom. The minimum absolute atomic E-state index is 0.667. The first-order valence-corrected chi connectivity index (χ1v) is 11.1. The number of benzene rings is 2. The summed E-state index contributed by atoms with van der Waals surface area (Å²) in [6, 6.07) is 12.0. The average Bonchev–Trinajstić information content (AvgIpc) is 3.41. The van der Waals surface area contributed by atoms with Crippen molar-refractivity contribution in [2.45, 2.75) is 24.8 Å². The van der Waals surface area contributed by atoms with E-state index in [0.717, 1.165) is 44.2 Å². The zero-order valence-electron chi connectivity index (χ0n) is 17.1. The van der Waals surface area contributed by atoms with Gasteiger partial charge in [0.2, 0.25) is 5.16 Å². The van der Waals surface area contributed by atoms with E-state index in [9.17, 15) is 0 Å². The summed E-state index contributed by atoms with van der Waals surface area (Å²) >= 11 is 3.14. The molecule has 154 valence electrons. The lowest BCUT2D eigenvalue weighted by atomic mass is 10.1. The first-order chi connectivity index (χ1) is 14.6. The fraction of sp³-hybridized carbons (Fsp3) is 0.238. The summed E-state index contributed by atoms with van der Waals surface area (Å²) in [6.45, 7) is 4.14. The molecule has 0 amide bonds. The Labute approximate surface area is 183 Å². The second-order valence-corrected chi connectivity index (χ2v) is 8.46. The summed E-state index contributed by atoms with van der Waals surface area (Å²) in [5.41, 5.74) is 5.23. The minimum atomic E-state index is 0.667. The standard InChI is InChI=1S/C21H21N5O2S2/c1-13-5-8-18(14(2)9-13)26-21(23-24-25-26)30-12-15-11-29-20(22-15)17-7-6-16(27-3)10-19(17)28-4/h5-11H,12H2,1-4H3. The van der Waals surface area contributed by atoms with E-state index < -0.39 is 0 Å². The Morgan fingerprint density at radius 2 is 1.93 bits per heavy atom. The Kier molecular flexibility index (Phi) is 6.01. The first kappa shape index (κ1) is 20.4. The van der Waals surface area contributed by atoms with E-state index in [4.69, 9.17) is 14.5 Å². The molecule has 0 aliphatic heterocycles. The maximum atomic E-state index is 5.51. The quantitative estimate of drug-likeness (QED) is 0.386. The lowest BCUT2D eigenvalue weighted by Gasteiger charge is -2.08. The third-order valence-electron chi connectivity index (χ3n) is 4.56. The largest absolute Gasteiger partial charge is 0.497 e. The highest BCUT2D eigenvalue weighted by molar-refractivity contribution is 7.98. The van der Waals surface area contributed by atoms with Crippen LogP contribution >= 0.6 is 23.1 Å². The molecule has 0 atom stereocenters. The van der Waals surface area contributed by atoms with Crippen molar-refractivity contribution in [3.63, 3.8) is 0 Å². The molecule has 2 aromatic heterocycles. The number of aromatic nitrogens is 5. The van der Waals surface area contributed by atoms with E-state index in [-0.39, 0.29) is 0 Å². The van der Waals surface area contributed by atoms with Crippen LogP contribution in [-0.4, -0.2) is 39.4 Å². The average molecular weight is 440 g/mol. The van der Waals surface area contributed by atoms with Crippen molar-refractivity contribution in [1.82, 2.24) is 25.2 Å². The van der Waals surface area contributed by atoms with Gasteiger partial charge in [-0.1, -0.05) is 29.5 Å². The van der Waals surface area contributed by atoms with Gasteiger partial charge >= 0.3 is 0 Å². The van der Waals surface area contributed by atoms with Crippen molar-refractivity contribution in [2.24, 2.45) is 0 Å². The Morgan fingerprint density at radius 1 is 1.07 bits per heavy atom. The molecule has 0 fully saturated rings. The second-order valence-electron chi connectivity index (χ2n) is 6.66. The van der Waals surface area contributed by atoms with Crippen molar-refractivity contribution in [3.8, 4) is 27.8 Å². The molecule has 0 unspecified atom stereocenters. The van der Waals surface area contributed by atoms with E-state index in [0.29, 0.717) is 5.75 Å². The van der Waals surface area contributed by atoms with Crippen LogP contribution in [0.1, 0.15) is 16.8 Å². The highest BCUT2D eigenvalue weighted by atomic mass is 32.2. The summed E-state index contributed by atoms with van der Waals surface area (Å²) in [6.07, 6.45) is 0. The number of hydrogen-bond acceptors (Lipinski definition) is 8. The predicted molar refractivity (Wildman–Crippen MR) is 119 cm³/mol. The van der Waals surface area contributed by atoms with Crippen molar-refractivity contribution < 1.29 is 9.47 Å². The molecule has 0 aliphatic rings. The van der Waals surface area contributed by atoms with Gasteiger partial charge in [0, 0.05) is 17.2 Å². The summed E-state index contributed by atoms with van der Waals surface area (Å²) in [4.78, 5) is 4.77. The maximum Gasteiger partial charge on any atom is 0.214 e. The molecule has 0 spiro atoms. The van der Waals surface area contributed by atoms with E-state index >= 15 is 0 Å². The normalized spacial score (nSPS) is 10.9. The van der Waals surface area contributed by atoms with Gasteiger partial charge < -0.3 is 9.47 Å². The fourth-order valence-corrected chi connectivity index (χ4v) is 4.80. The van der Waals surface area contributed by atoms with E-state index in [1.165, 1.54) is 5.56 Å². The number of thiazole rings is 1. The van der Waals surface area contributed by atoms with Gasteiger partial charge in [-0.25, -0.2) is 4.98 Å². The third kappa shape index (κ3) is 4.17. The topological polar surface area (TPSA) is 75.0 Å². The SMILES string of the molecule is COc1ccc(-c2nc(CSc3nnnn3-c3ccc(C)cc3C)cs2)c(OC)c1. The van der Waals surface area contributed by atoms with Crippen LogP contribution in [0.15, 0.2) is 46.9 Å². The van der Waals surface area contributed by atoms with Crippen LogP contribution in [0.4, 0.5) is 0 Å². The Balaban J connectivity index is 1.52. The number of rotatable bonds is 7. The zero-order valence-corrected chi connectivity index (χ0v) is 18.8. The smallest absolute Gasteiger partial charge is 0.214 e. The summed E-state index contributed by atoms with van der Waals surface area (Å²) in [5, 5.41) is 15.9.